The minimum absolute atomic E-state index is 0.116. The Bertz CT molecular complexity index is 396. The lowest BCUT2D eigenvalue weighted by Crippen LogP contribution is -2.50. The van der Waals surface area contributed by atoms with Crippen molar-refractivity contribution in [3.05, 3.63) is 11.6 Å². The lowest BCUT2D eigenvalue weighted by atomic mass is 9.91. The lowest BCUT2D eigenvalue weighted by Gasteiger charge is -2.46. The third-order valence-corrected chi connectivity index (χ3v) is 6.00. The van der Waals surface area contributed by atoms with Crippen molar-refractivity contribution in [3.8, 4) is 0 Å². The molecule has 0 aromatic carbocycles. The maximum absolute atomic E-state index is 9.18. The molecule has 1 spiro atoms. The van der Waals surface area contributed by atoms with Gasteiger partial charge in [0, 0.05) is 12.8 Å². The van der Waals surface area contributed by atoms with Crippen molar-refractivity contribution >= 4 is 9.76 Å². The Labute approximate surface area is 143 Å². The molecule has 134 valence electrons. The van der Waals surface area contributed by atoms with E-state index in [1.54, 1.807) is 0 Å². The van der Waals surface area contributed by atoms with Gasteiger partial charge in [-0.1, -0.05) is 32.4 Å². The fourth-order valence-corrected chi connectivity index (χ4v) is 4.23. The zero-order valence-electron chi connectivity index (χ0n) is 15.3. The Balaban J connectivity index is 2.01. The largest absolute Gasteiger partial charge is 0.420 e. The highest BCUT2D eigenvalue weighted by atomic mass is 28.2. The summed E-state index contributed by atoms with van der Waals surface area (Å²) in [6, 6.07) is 0. The molecule has 2 saturated heterocycles. The van der Waals surface area contributed by atoms with Crippen molar-refractivity contribution in [2.45, 2.75) is 89.3 Å². The molecule has 4 nitrogen and oxygen atoms in total. The van der Waals surface area contributed by atoms with E-state index in [9.17, 15) is 5.11 Å². The summed E-state index contributed by atoms with van der Waals surface area (Å²) in [4.78, 5) is 0. The predicted molar refractivity (Wildman–Crippen MR) is 95.2 cm³/mol. The minimum Gasteiger partial charge on any atom is -0.420 e. The van der Waals surface area contributed by atoms with Gasteiger partial charge >= 0.3 is 0 Å². The summed E-state index contributed by atoms with van der Waals surface area (Å²) in [6.45, 7) is 9.64. The van der Waals surface area contributed by atoms with Crippen molar-refractivity contribution in [1.82, 2.24) is 0 Å². The monoisotopic (exact) mass is 342 g/mol. The molecule has 0 saturated carbocycles. The molecular weight excluding hydrogens is 308 g/mol. The first-order valence-electron chi connectivity index (χ1n) is 9.02. The molecule has 23 heavy (non-hydrogen) atoms. The zero-order valence-corrected chi connectivity index (χ0v) is 16.7. The summed E-state index contributed by atoms with van der Waals surface area (Å²) in [6.07, 6.45) is 8.37. The third kappa shape index (κ3) is 6.31. The zero-order chi connectivity index (χ0) is 16.9. The van der Waals surface area contributed by atoms with Crippen LogP contribution in [0.15, 0.2) is 11.6 Å². The third-order valence-electron chi connectivity index (χ3n) is 4.49. The first kappa shape index (κ1) is 19.1. The van der Waals surface area contributed by atoms with Crippen molar-refractivity contribution in [2.24, 2.45) is 0 Å². The van der Waals surface area contributed by atoms with Gasteiger partial charge in [0.2, 0.25) is 0 Å². The van der Waals surface area contributed by atoms with Crippen LogP contribution in [0.1, 0.15) is 66.2 Å². The van der Waals surface area contributed by atoms with Gasteiger partial charge in [0.05, 0.1) is 25.4 Å². The molecule has 5 heteroatoms. The van der Waals surface area contributed by atoms with E-state index in [-0.39, 0.29) is 18.8 Å². The topological polar surface area (TPSA) is 47.9 Å². The van der Waals surface area contributed by atoms with Crippen LogP contribution in [-0.4, -0.2) is 46.1 Å². The van der Waals surface area contributed by atoms with Crippen molar-refractivity contribution < 1.29 is 19.0 Å². The summed E-state index contributed by atoms with van der Waals surface area (Å²) in [5.41, 5.74) is 0.999. The van der Waals surface area contributed by atoms with E-state index in [2.05, 4.69) is 26.8 Å². The van der Waals surface area contributed by atoms with Gasteiger partial charge in [-0.3, -0.25) is 0 Å². The molecule has 3 unspecified atom stereocenters. The highest BCUT2D eigenvalue weighted by Crippen LogP contribution is 2.39. The van der Waals surface area contributed by atoms with Crippen LogP contribution in [0.5, 0.6) is 0 Å². The molecule has 2 aliphatic rings. The van der Waals surface area contributed by atoms with Gasteiger partial charge < -0.3 is 19.0 Å². The van der Waals surface area contributed by atoms with Gasteiger partial charge in [-0.15, -0.1) is 0 Å². The van der Waals surface area contributed by atoms with Crippen LogP contribution in [-0.2, 0) is 13.9 Å². The first-order valence-corrected chi connectivity index (χ1v) is 10.3. The molecule has 2 heterocycles. The fraction of sp³-hybridized carbons (Fsp3) is 0.889. The fourth-order valence-electron chi connectivity index (χ4n) is 3.24. The normalized spacial score (nSPS) is 33.7. The molecule has 2 aliphatic heterocycles. The number of hydrogen-bond donors (Lipinski definition) is 1. The van der Waals surface area contributed by atoms with E-state index >= 15 is 0 Å². The predicted octanol–water partition coefficient (Wildman–Crippen LogP) is 3.08. The van der Waals surface area contributed by atoms with Crippen molar-refractivity contribution in [2.75, 3.05) is 13.2 Å². The van der Waals surface area contributed by atoms with E-state index in [1.165, 1.54) is 6.42 Å². The molecule has 0 amide bonds. The summed E-state index contributed by atoms with van der Waals surface area (Å²) in [5, 5.41) is 9.49. The van der Waals surface area contributed by atoms with Crippen LogP contribution in [0, 0.1) is 0 Å². The SMILES string of the molecule is C/C(=C\CC1CC(O[SiH2]C(C)(C)C)CC2(CCCCO2)O1)CO. The Hall–Kier alpha value is -0.203. The van der Waals surface area contributed by atoms with Crippen LogP contribution in [0.2, 0.25) is 5.04 Å². The van der Waals surface area contributed by atoms with E-state index in [0.717, 1.165) is 44.3 Å². The van der Waals surface area contributed by atoms with Gasteiger partial charge in [0.1, 0.15) is 0 Å². The Morgan fingerprint density at radius 1 is 1.39 bits per heavy atom. The van der Waals surface area contributed by atoms with Crippen LogP contribution in [0.4, 0.5) is 0 Å². The molecule has 0 radical (unpaired) electrons. The summed E-state index contributed by atoms with van der Waals surface area (Å²) >= 11 is 0. The summed E-state index contributed by atoms with van der Waals surface area (Å²) in [7, 11) is -0.571. The maximum Gasteiger partial charge on any atom is 0.171 e. The average molecular weight is 343 g/mol. The van der Waals surface area contributed by atoms with Gasteiger partial charge in [0.15, 0.2) is 15.6 Å². The van der Waals surface area contributed by atoms with E-state index in [1.807, 2.05) is 6.92 Å². The molecule has 0 aliphatic carbocycles. The first-order chi connectivity index (χ1) is 10.8. The quantitative estimate of drug-likeness (QED) is 0.616. The maximum atomic E-state index is 9.18. The number of aliphatic hydroxyl groups excluding tert-OH is 1. The highest BCUT2D eigenvalue weighted by Gasteiger charge is 2.43. The Morgan fingerprint density at radius 3 is 2.78 bits per heavy atom. The van der Waals surface area contributed by atoms with Crippen molar-refractivity contribution in [3.63, 3.8) is 0 Å². The Morgan fingerprint density at radius 2 is 2.17 bits per heavy atom. The van der Waals surface area contributed by atoms with E-state index < -0.39 is 15.6 Å². The molecule has 1 N–H and O–H groups in total. The minimum atomic E-state index is -0.571. The summed E-state index contributed by atoms with van der Waals surface area (Å²) < 4.78 is 18.8. The number of hydrogen-bond acceptors (Lipinski definition) is 4. The molecule has 3 atom stereocenters. The Kier molecular flexibility index (Phi) is 6.86. The molecule has 0 bridgehead atoms. The second-order valence-corrected chi connectivity index (χ2v) is 11.1. The van der Waals surface area contributed by atoms with E-state index in [0.29, 0.717) is 5.04 Å². The molecular formula is C18H34O4Si. The second-order valence-electron chi connectivity index (χ2n) is 8.33. The second kappa shape index (κ2) is 8.25. The summed E-state index contributed by atoms with van der Waals surface area (Å²) in [5.74, 6) is -0.431. The lowest BCUT2D eigenvalue weighted by molar-refractivity contribution is -0.306. The van der Waals surface area contributed by atoms with Crippen LogP contribution in [0.25, 0.3) is 0 Å². The molecule has 2 rings (SSSR count). The van der Waals surface area contributed by atoms with Crippen molar-refractivity contribution in [1.29, 1.82) is 0 Å². The van der Waals surface area contributed by atoms with Crippen LogP contribution < -0.4 is 0 Å². The number of ether oxygens (including phenoxy) is 2. The van der Waals surface area contributed by atoms with Gasteiger partial charge in [-0.05, 0) is 37.6 Å². The van der Waals surface area contributed by atoms with Gasteiger partial charge in [0.25, 0.3) is 0 Å². The highest BCUT2D eigenvalue weighted by molar-refractivity contribution is 6.31. The van der Waals surface area contributed by atoms with Crippen LogP contribution >= 0.6 is 0 Å². The number of aliphatic hydroxyl groups is 1. The smallest absolute Gasteiger partial charge is 0.171 e. The molecule has 0 aromatic heterocycles. The van der Waals surface area contributed by atoms with Gasteiger partial charge in [-0.2, -0.15) is 0 Å². The molecule has 2 fully saturated rings. The average Bonchev–Trinajstić information content (AvgIpc) is 2.50. The molecule has 0 aromatic rings. The standard InChI is InChI=1S/C18H34O4Si/c1-14(13-19)7-8-15-11-16(22-23-17(2,3)4)12-18(21-15)9-5-6-10-20-18/h7,15-16,19H,5-6,8-13,23H2,1-4H3/b14-7+. The van der Waals surface area contributed by atoms with Crippen LogP contribution in [0.3, 0.4) is 0 Å². The van der Waals surface area contributed by atoms with Gasteiger partial charge in [-0.25, -0.2) is 0 Å². The number of rotatable bonds is 5. The van der Waals surface area contributed by atoms with E-state index in [4.69, 9.17) is 13.9 Å².